The van der Waals surface area contributed by atoms with Crippen LogP contribution in [0, 0.1) is 10.1 Å². The van der Waals surface area contributed by atoms with Crippen LogP contribution < -0.4 is 5.32 Å². The summed E-state index contributed by atoms with van der Waals surface area (Å²) in [6.45, 7) is 1.26. The van der Waals surface area contributed by atoms with E-state index in [0.29, 0.717) is 4.90 Å². The van der Waals surface area contributed by atoms with E-state index in [2.05, 4.69) is 5.32 Å². The Morgan fingerprint density at radius 2 is 1.94 bits per heavy atom. The molecule has 6 nitrogen and oxygen atoms in total. The van der Waals surface area contributed by atoms with E-state index in [4.69, 9.17) is 0 Å². The third-order valence-electron chi connectivity index (χ3n) is 1.76. The van der Waals surface area contributed by atoms with Crippen LogP contribution in [0.4, 0.5) is 5.69 Å². The van der Waals surface area contributed by atoms with Crippen LogP contribution in [0.5, 0.6) is 0 Å². The quantitative estimate of drug-likeness (QED) is 0.497. The number of carbonyl (C=O) groups excluding carboxylic acids is 2. The Balaban J connectivity index is 2.54. The number of hydrogen-bond donors (Lipinski definition) is 1. The van der Waals surface area contributed by atoms with Crippen LogP contribution in [0.25, 0.3) is 0 Å². The molecule has 1 aromatic rings. The molecule has 1 N–H and O–H groups in total. The summed E-state index contributed by atoms with van der Waals surface area (Å²) in [4.78, 5) is 32.4. The van der Waals surface area contributed by atoms with Crippen molar-refractivity contribution in [3.8, 4) is 0 Å². The zero-order valence-electron chi connectivity index (χ0n) is 9.00. The van der Waals surface area contributed by atoms with Gasteiger partial charge in [0.15, 0.2) is 0 Å². The first kappa shape index (κ1) is 13.2. The fraction of sp³-hybridized carbons (Fsp3) is 0.200. The molecule has 0 radical (unpaired) electrons. The van der Waals surface area contributed by atoms with Gasteiger partial charge in [0.25, 0.3) is 5.69 Å². The van der Waals surface area contributed by atoms with E-state index in [0.717, 1.165) is 11.8 Å². The van der Waals surface area contributed by atoms with Crippen LogP contribution in [-0.4, -0.2) is 22.5 Å². The van der Waals surface area contributed by atoms with Crippen LogP contribution in [0.15, 0.2) is 29.2 Å². The summed E-state index contributed by atoms with van der Waals surface area (Å²) in [6.07, 6.45) is 0. The first-order chi connectivity index (χ1) is 7.99. The second-order valence-electron chi connectivity index (χ2n) is 3.13. The Bertz CT molecular complexity index is 444. The first-order valence-electron chi connectivity index (χ1n) is 4.68. The van der Waals surface area contributed by atoms with Gasteiger partial charge in [0, 0.05) is 24.0 Å². The molecule has 0 bridgehead atoms. The smallest absolute Gasteiger partial charge is 0.269 e. The second-order valence-corrected chi connectivity index (χ2v) is 4.27. The Labute approximate surface area is 102 Å². The minimum absolute atomic E-state index is 0.0244. The molecule has 7 heteroatoms. The summed E-state index contributed by atoms with van der Waals surface area (Å²) < 4.78 is 0. The molecule has 0 saturated heterocycles. The highest BCUT2D eigenvalue weighted by molar-refractivity contribution is 8.13. The van der Waals surface area contributed by atoms with Crippen molar-refractivity contribution in [3.63, 3.8) is 0 Å². The van der Waals surface area contributed by atoms with E-state index in [1.807, 2.05) is 0 Å². The van der Waals surface area contributed by atoms with E-state index >= 15 is 0 Å². The van der Waals surface area contributed by atoms with Crippen LogP contribution in [0.1, 0.15) is 6.92 Å². The zero-order chi connectivity index (χ0) is 12.8. The van der Waals surface area contributed by atoms with Gasteiger partial charge in [-0.3, -0.25) is 19.7 Å². The number of nitro groups is 1. The lowest BCUT2D eigenvalue weighted by Gasteiger charge is -2.01. The van der Waals surface area contributed by atoms with Gasteiger partial charge >= 0.3 is 0 Å². The summed E-state index contributed by atoms with van der Waals surface area (Å²) in [5, 5.41) is 12.5. The predicted octanol–water partition coefficient (Wildman–Crippen LogP) is 1.35. The molecular formula is C10H10N2O4S. The molecule has 0 aromatic heterocycles. The Hall–Kier alpha value is -1.89. The summed E-state index contributed by atoms with van der Waals surface area (Å²) in [7, 11) is 0. The Morgan fingerprint density at radius 3 is 2.41 bits per heavy atom. The maximum Gasteiger partial charge on any atom is 0.269 e. The minimum Gasteiger partial charge on any atom is -0.348 e. The predicted molar refractivity (Wildman–Crippen MR) is 62.6 cm³/mol. The Kier molecular flexibility index (Phi) is 4.65. The molecule has 0 aliphatic rings. The molecule has 0 atom stereocenters. The van der Waals surface area contributed by atoms with E-state index in [1.54, 1.807) is 0 Å². The van der Waals surface area contributed by atoms with Crippen LogP contribution >= 0.6 is 11.8 Å². The minimum atomic E-state index is -0.506. The van der Waals surface area contributed by atoms with E-state index in [1.165, 1.54) is 31.2 Å². The number of rotatable bonds is 4. The van der Waals surface area contributed by atoms with Crippen molar-refractivity contribution in [2.24, 2.45) is 0 Å². The van der Waals surface area contributed by atoms with E-state index in [9.17, 15) is 19.7 Å². The van der Waals surface area contributed by atoms with Crippen molar-refractivity contribution in [2.45, 2.75) is 11.8 Å². The number of hydrogen-bond acceptors (Lipinski definition) is 5. The van der Waals surface area contributed by atoms with Crippen LogP contribution in [0.2, 0.25) is 0 Å². The van der Waals surface area contributed by atoms with Gasteiger partial charge in [-0.1, -0.05) is 11.8 Å². The van der Waals surface area contributed by atoms with Gasteiger partial charge in [0.2, 0.25) is 11.0 Å². The number of amides is 1. The van der Waals surface area contributed by atoms with Crippen molar-refractivity contribution < 1.29 is 14.5 Å². The normalized spacial score (nSPS) is 9.71. The molecule has 1 rings (SSSR count). The molecule has 1 amide bonds. The molecule has 0 aliphatic heterocycles. The van der Waals surface area contributed by atoms with Crippen molar-refractivity contribution >= 4 is 28.5 Å². The average molecular weight is 254 g/mol. The highest BCUT2D eigenvalue weighted by atomic mass is 32.2. The zero-order valence-corrected chi connectivity index (χ0v) is 9.82. The number of non-ortho nitro benzene ring substituents is 1. The summed E-state index contributed by atoms with van der Waals surface area (Å²) in [5.74, 6) is -0.275. The SMILES string of the molecule is CC(=O)NCC(=O)Sc1ccc([N+](=O)[O-])cc1. The fourth-order valence-corrected chi connectivity index (χ4v) is 1.68. The number of nitrogens with zero attached hydrogens (tertiary/aromatic N) is 1. The van der Waals surface area contributed by atoms with Crippen molar-refractivity contribution in [1.82, 2.24) is 5.32 Å². The van der Waals surface area contributed by atoms with E-state index in [-0.39, 0.29) is 23.3 Å². The lowest BCUT2D eigenvalue weighted by molar-refractivity contribution is -0.384. The van der Waals surface area contributed by atoms with Gasteiger partial charge in [-0.25, -0.2) is 0 Å². The summed E-state index contributed by atoms with van der Waals surface area (Å²) in [6, 6.07) is 5.64. The monoisotopic (exact) mass is 254 g/mol. The lowest BCUT2D eigenvalue weighted by Crippen LogP contribution is -2.25. The number of nitrogens with one attached hydrogen (secondary N) is 1. The molecule has 0 aliphatic carbocycles. The van der Waals surface area contributed by atoms with Crippen LogP contribution in [0.3, 0.4) is 0 Å². The number of nitro benzene ring substituents is 1. The van der Waals surface area contributed by atoms with Gasteiger partial charge in [-0.05, 0) is 12.1 Å². The molecule has 0 saturated carbocycles. The molecular weight excluding hydrogens is 244 g/mol. The molecule has 0 unspecified atom stereocenters. The number of benzene rings is 1. The molecule has 90 valence electrons. The highest BCUT2D eigenvalue weighted by Crippen LogP contribution is 2.21. The molecule has 1 aromatic carbocycles. The second kappa shape index (κ2) is 6.00. The molecule has 0 spiro atoms. The maximum atomic E-state index is 11.4. The molecule has 17 heavy (non-hydrogen) atoms. The topological polar surface area (TPSA) is 89.3 Å². The van der Waals surface area contributed by atoms with Crippen LogP contribution in [-0.2, 0) is 9.59 Å². The highest BCUT2D eigenvalue weighted by Gasteiger charge is 2.08. The molecule has 0 fully saturated rings. The van der Waals surface area contributed by atoms with Gasteiger partial charge in [0.1, 0.15) is 0 Å². The maximum absolute atomic E-state index is 11.4. The number of thioether (sulfide) groups is 1. The van der Waals surface area contributed by atoms with Crippen molar-refractivity contribution in [3.05, 3.63) is 34.4 Å². The third-order valence-corrected chi connectivity index (χ3v) is 2.64. The summed E-state index contributed by atoms with van der Waals surface area (Å²) in [5.41, 5.74) is -0.0244. The van der Waals surface area contributed by atoms with Crippen molar-refractivity contribution in [2.75, 3.05) is 6.54 Å². The average Bonchev–Trinajstić information content (AvgIpc) is 2.27. The van der Waals surface area contributed by atoms with Gasteiger partial charge < -0.3 is 5.32 Å². The largest absolute Gasteiger partial charge is 0.348 e. The molecule has 0 heterocycles. The van der Waals surface area contributed by atoms with Gasteiger partial charge in [-0.15, -0.1) is 0 Å². The standard InChI is InChI=1S/C10H10N2O4S/c1-7(13)11-6-10(14)17-9-4-2-8(3-5-9)12(15)16/h2-5H,6H2,1H3,(H,11,13). The fourth-order valence-electron chi connectivity index (χ4n) is 1.00. The third kappa shape index (κ3) is 4.64. The van der Waals surface area contributed by atoms with E-state index < -0.39 is 4.92 Å². The summed E-state index contributed by atoms with van der Waals surface area (Å²) >= 11 is 0.930. The Morgan fingerprint density at radius 1 is 1.35 bits per heavy atom. The van der Waals surface area contributed by atoms with Gasteiger partial charge in [-0.2, -0.15) is 0 Å². The lowest BCUT2D eigenvalue weighted by atomic mass is 10.3. The van der Waals surface area contributed by atoms with Crippen molar-refractivity contribution in [1.29, 1.82) is 0 Å². The number of carbonyl (C=O) groups is 2. The first-order valence-corrected chi connectivity index (χ1v) is 5.50. The van der Waals surface area contributed by atoms with Gasteiger partial charge in [0.05, 0.1) is 11.5 Å².